The summed E-state index contributed by atoms with van der Waals surface area (Å²) in [5, 5.41) is 3.01. The molecule has 0 unspecified atom stereocenters. The smallest absolute Gasteiger partial charge is 0.316 e. The summed E-state index contributed by atoms with van der Waals surface area (Å²) >= 11 is 8.58. The number of aromatic nitrogens is 1. The van der Waals surface area contributed by atoms with Crippen LogP contribution in [0, 0.1) is 13.8 Å². The van der Waals surface area contributed by atoms with Crippen LogP contribution in [0.3, 0.4) is 0 Å². The largest absolute Gasteiger partial charge is 0.459 e. The third-order valence-electron chi connectivity index (χ3n) is 4.19. The molecule has 3 rings (SSSR count). The maximum Gasteiger partial charge on any atom is 0.316 e. The minimum Gasteiger partial charge on any atom is -0.459 e. The first-order chi connectivity index (χ1) is 14.3. The van der Waals surface area contributed by atoms with E-state index in [1.165, 1.54) is 30.0 Å². The number of hydrogen-bond donors (Lipinski definition) is 0. The van der Waals surface area contributed by atoms with Gasteiger partial charge in [-0.3, -0.25) is 14.5 Å². The van der Waals surface area contributed by atoms with Crippen LogP contribution in [-0.4, -0.2) is 22.6 Å². The highest BCUT2D eigenvalue weighted by Gasteiger charge is 2.20. The summed E-state index contributed by atoms with van der Waals surface area (Å²) in [6, 6.07) is 13.2. The quantitative estimate of drug-likeness (QED) is 0.323. The average molecular weight is 461 g/mol. The van der Waals surface area contributed by atoms with Crippen LogP contribution in [0.25, 0.3) is 0 Å². The Labute approximate surface area is 189 Å². The lowest BCUT2D eigenvalue weighted by molar-refractivity contribution is -0.141. The molecule has 0 radical (unpaired) electrons. The predicted molar refractivity (Wildman–Crippen MR) is 123 cm³/mol. The number of amides is 1. The van der Waals surface area contributed by atoms with Gasteiger partial charge in [-0.05, 0) is 49.7 Å². The van der Waals surface area contributed by atoms with Gasteiger partial charge in [-0.1, -0.05) is 29.3 Å². The average Bonchev–Trinajstić information content (AvgIpc) is 3.16. The first-order valence-electron chi connectivity index (χ1n) is 9.20. The molecule has 0 spiro atoms. The van der Waals surface area contributed by atoms with E-state index in [0.717, 1.165) is 21.7 Å². The number of thiazole rings is 1. The maximum atomic E-state index is 12.3. The molecule has 0 aliphatic rings. The molecule has 156 valence electrons. The molecule has 1 aromatic heterocycles. The molecular formula is C22H21ClN2O3S2. The van der Waals surface area contributed by atoms with Gasteiger partial charge in [-0.25, -0.2) is 4.98 Å². The van der Waals surface area contributed by atoms with E-state index in [1.807, 2.05) is 44.2 Å². The maximum absolute atomic E-state index is 12.3. The Morgan fingerprint density at radius 1 is 1.17 bits per heavy atom. The molecule has 1 heterocycles. The molecule has 0 aliphatic carbocycles. The molecule has 0 saturated carbocycles. The second-order valence-electron chi connectivity index (χ2n) is 6.67. The summed E-state index contributed by atoms with van der Waals surface area (Å²) in [6.45, 7) is 5.55. The number of carbonyl (C=O) groups excluding carboxylic acids is 2. The van der Waals surface area contributed by atoms with E-state index >= 15 is 0 Å². The van der Waals surface area contributed by atoms with Crippen LogP contribution >= 0.6 is 34.7 Å². The Balaban J connectivity index is 1.61. The van der Waals surface area contributed by atoms with Gasteiger partial charge in [-0.2, -0.15) is 0 Å². The molecule has 0 N–H and O–H groups in total. The second kappa shape index (κ2) is 10.1. The summed E-state index contributed by atoms with van der Waals surface area (Å²) in [6.07, 6.45) is 0. The van der Waals surface area contributed by atoms with Gasteiger partial charge >= 0.3 is 5.97 Å². The van der Waals surface area contributed by atoms with Crippen molar-refractivity contribution in [3.63, 3.8) is 0 Å². The minimum absolute atomic E-state index is 0.0646. The van der Waals surface area contributed by atoms with Gasteiger partial charge < -0.3 is 4.74 Å². The molecule has 2 aromatic carbocycles. The summed E-state index contributed by atoms with van der Waals surface area (Å²) in [4.78, 5) is 31.4. The van der Waals surface area contributed by atoms with E-state index in [4.69, 9.17) is 16.3 Å². The zero-order chi connectivity index (χ0) is 21.7. The van der Waals surface area contributed by atoms with Crippen molar-refractivity contribution in [2.45, 2.75) is 32.3 Å². The molecule has 30 heavy (non-hydrogen) atoms. The van der Waals surface area contributed by atoms with E-state index in [9.17, 15) is 9.59 Å². The lowest BCUT2D eigenvalue weighted by atomic mass is 10.1. The first-order valence-corrected chi connectivity index (χ1v) is 11.4. The Morgan fingerprint density at radius 2 is 1.90 bits per heavy atom. The van der Waals surface area contributed by atoms with E-state index < -0.39 is 0 Å². The number of benzene rings is 2. The lowest BCUT2D eigenvalue weighted by Crippen LogP contribution is -2.23. The Hall–Kier alpha value is -2.35. The van der Waals surface area contributed by atoms with E-state index in [0.29, 0.717) is 15.8 Å². The van der Waals surface area contributed by atoms with E-state index in [1.54, 1.807) is 22.4 Å². The van der Waals surface area contributed by atoms with Crippen molar-refractivity contribution in [1.82, 2.24) is 4.98 Å². The molecule has 0 fully saturated rings. The Kier molecular flexibility index (Phi) is 7.53. The zero-order valence-electron chi connectivity index (χ0n) is 16.8. The van der Waals surface area contributed by atoms with Crippen molar-refractivity contribution in [3.8, 4) is 0 Å². The van der Waals surface area contributed by atoms with Crippen LogP contribution in [0.4, 0.5) is 10.8 Å². The van der Waals surface area contributed by atoms with Crippen LogP contribution in [-0.2, 0) is 20.9 Å². The number of thioether (sulfide) groups is 1. The van der Waals surface area contributed by atoms with Crippen molar-refractivity contribution < 1.29 is 14.3 Å². The number of anilines is 2. The highest BCUT2D eigenvalue weighted by atomic mass is 35.5. The second-order valence-corrected chi connectivity index (χ2v) is 8.99. The van der Waals surface area contributed by atoms with Crippen LogP contribution in [0.5, 0.6) is 0 Å². The third-order valence-corrected chi connectivity index (χ3v) is 6.30. The molecule has 1 amide bonds. The molecule has 0 atom stereocenters. The normalized spacial score (nSPS) is 10.7. The highest BCUT2D eigenvalue weighted by molar-refractivity contribution is 8.00. The molecule has 3 aromatic rings. The number of aryl methyl sites for hydroxylation is 2. The van der Waals surface area contributed by atoms with Crippen molar-refractivity contribution in [2.24, 2.45) is 0 Å². The molecule has 5 nitrogen and oxygen atoms in total. The number of carbonyl (C=O) groups is 2. The van der Waals surface area contributed by atoms with Crippen molar-refractivity contribution in [3.05, 3.63) is 69.7 Å². The minimum atomic E-state index is -0.331. The lowest BCUT2D eigenvalue weighted by Gasteiger charge is -2.20. The van der Waals surface area contributed by atoms with Gasteiger partial charge in [0.05, 0.1) is 17.1 Å². The summed E-state index contributed by atoms with van der Waals surface area (Å²) < 4.78 is 5.33. The van der Waals surface area contributed by atoms with E-state index in [-0.39, 0.29) is 24.2 Å². The Bertz CT molecular complexity index is 1050. The first kappa shape index (κ1) is 22.3. The van der Waals surface area contributed by atoms with Crippen LogP contribution < -0.4 is 4.90 Å². The zero-order valence-corrected chi connectivity index (χ0v) is 19.2. The highest BCUT2D eigenvalue weighted by Crippen LogP contribution is 2.32. The van der Waals surface area contributed by atoms with Crippen LogP contribution in [0.2, 0.25) is 5.02 Å². The number of hydrogen-bond acceptors (Lipinski definition) is 6. The third kappa shape index (κ3) is 5.84. The Morgan fingerprint density at radius 3 is 2.57 bits per heavy atom. The number of esters is 1. The summed E-state index contributed by atoms with van der Waals surface area (Å²) in [7, 11) is 0. The fourth-order valence-electron chi connectivity index (χ4n) is 2.80. The van der Waals surface area contributed by atoms with Gasteiger partial charge in [-0.15, -0.1) is 23.1 Å². The number of ether oxygens (including phenoxy) is 1. The molecule has 0 bridgehead atoms. The SMILES string of the molecule is CC(=O)N(c1nc(COC(=O)CSc2ccc(Cl)cc2)cs1)c1ccc(C)cc1C. The van der Waals surface area contributed by atoms with Gasteiger partial charge in [0.15, 0.2) is 5.13 Å². The predicted octanol–water partition coefficient (Wildman–Crippen LogP) is 5.93. The van der Waals surface area contributed by atoms with E-state index in [2.05, 4.69) is 4.98 Å². The molecular weight excluding hydrogens is 440 g/mol. The van der Waals surface area contributed by atoms with Crippen LogP contribution in [0.1, 0.15) is 23.7 Å². The van der Waals surface area contributed by atoms with Gasteiger partial charge in [0.1, 0.15) is 6.61 Å². The number of halogens is 1. The molecule has 0 aliphatic heterocycles. The number of nitrogens with zero attached hydrogens (tertiary/aromatic N) is 2. The fourth-order valence-corrected chi connectivity index (χ4v) is 4.48. The van der Waals surface area contributed by atoms with Gasteiger partial charge in [0.2, 0.25) is 5.91 Å². The fraction of sp³-hybridized carbons (Fsp3) is 0.227. The summed E-state index contributed by atoms with van der Waals surface area (Å²) in [5.74, 6) is -0.262. The van der Waals surface area contributed by atoms with Crippen molar-refractivity contribution in [1.29, 1.82) is 0 Å². The topological polar surface area (TPSA) is 59.5 Å². The molecule has 8 heteroatoms. The summed E-state index contributed by atoms with van der Waals surface area (Å²) in [5.41, 5.74) is 3.52. The molecule has 0 saturated heterocycles. The standard InChI is InChI=1S/C22H21ClN2O3S2/c1-14-4-9-20(15(2)10-14)25(16(3)26)22-24-18(12-30-22)11-28-21(27)13-29-19-7-5-17(23)6-8-19/h4-10,12H,11,13H2,1-3H3. The van der Waals surface area contributed by atoms with Crippen molar-refractivity contribution >= 4 is 57.4 Å². The van der Waals surface area contributed by atoms with Gasteiger partial charge in [0, 0.05) is 22.2 Å². The van der Waals surface area contributed by atoms with Gasteiger partial charge in [0.25, 0.3) is 0 Å². The van der Waals surface area contributed by atoms with Crippen LogP contribution in [0.15, 0.2) is 52.7 Å². The van der Waals surface area contributed by atoms with Crippen molar-refractivity contribution in [2.75, 3.05) is 10.7 Å². The number of rotatable bonds is 7. The monoisotopic (exact) mass is 460 g/mol.